The fourth-order valence-electron chi connectivity index (χ4n) is 12.7. The van der Waals surface area contributed by atoms with Gasteiger partial charge >= 0.3 is 17.9 Å². The van der Waals surface area contributed by atoms with E-state index < -0.39 is 75.7 Å². The minimum Gasteiger partial charge on any atom is -0.461 e. The van der Waals surface area contributed by atoms with E-state index >= 15 is 0 Å². The zero-order valence-corrected chi connectivity index (χ0v) is 55.5. The normalized spacial score (nSPS) is 25.5. The van der Waals surface area contributed by atoms with Crippen LogP contribution in [0.2, 0.25) is 0 Å². The number of aliphatic hydroxyl groups is 2. The van der Waals surface area contributed by atoms with Gasteiger partial charge in [0.15, 0.2) is 11.4 Å². The van der Waals surface area contributed by atoms with Gasteiger partial charge in [0, 0.05) is 54.8 Å². The Balaban J connectivity index is 1.43. The lowest BCUT2D eigenvalue weighted by atomic mass is 9.59. The van der Waals surface area contributed by atoms with E-state index in [0.29, 0.717) is 49.7 Å². The van der Waals surface area contributed by atoms with Gasteiger partial charge in [0.05, 0.1) is 5.60 Å². The summed E-state index contributed by atoms with van der Waals surface area (Å²) in [6.07, 6.45) is 84.8. The zero-order valence-electron chi connectivity index (χ0n) is 55.5. The molecule has 89 heavy (non-hydrogen) atoms. The summed E-state index contributed by atoms with van der Waals surface area (Å²) in [4.78, 5) is 55.8. The minimum absolute atomic E-state index is 0.102. The molecule has 9 nitrogen and oxygen atoms in total. The second kappa shape index (κ2) is 42.5. The highest BCUT2D eigenvalue weighted by Gasteiger charge is 2.88. The van der Waals surface area contributed by atoms with Gasteiger partial charge in [0.25, 0.3) is 0 Å². The van der Waals surface area contributed by atoms with Gasteiger partial charge in [0.1, 0.15) is 18.3 Å². The van der Waals surface area contributed by atoms with Crippen molar-refractivity contribution >= 4 is 23.7 Å². The maximum Gasteiger partial charge on any atom is 0.306 e. The van der Waals surface area contributed by atoms with Crippen molar-refractivity contribution in [1.29, 1.82) is 0 Å². The van der Waals surface area contributed by atoms with Crippen molar-refractivity contribution in [2.24, 2.45) is 29.1 Å². The Bertz CT molecular complexity index is 2700. The number of rotatable bonds is 43. The van der Waals surface area contributed by atoms with Crippen molar-refractivity contribution in [3.05, 3.63) is 206 Å². The Hall–Kier alpha value is -6.42. The van der Waals surface area contributed by atoms with Crippen LogP contribution in [0.4, 0.5) is 0 Å². The first-order valence-electron chi connectivity index (χ1n) is 33.9. The van der Waals surface area contributed by atoms with Crippen LogP contribution in [-0.4, -0.2) is 63.4 Å². The van der Waals surface area contributed by atoms with Crippen molar-refractivity contribution in [1.82, 2.24) is 0 Å². The van der Waals surface area contributed by atoms with Crippen molar-refractivity contribution in [3.8, 4) is 0 Å². The molecule has 0 bridgehead atoms. The number of esters is 3. The number of ketones is 1. The second-order valence-corrected chi connectivity index (χ2v) is 24.6. The van der Waals surface area contributed by atoms with E-state index in [-0.39, 0.29) is 32.3 Å². The molecule has 486 valence electrons. The molecule has 0 heterocycles. The quantitative estimate of drug-likeness (QED) is 0.0265. The average molecular weight is 1220 g/mol. The molecule has 0 unspecified atom stereocenters. The van der Waals surface area contributed by atoms with Crippen LogP contribution in [0.3, 0.4) is 0 Å². The molecule has 0 aromatic heterocycles. The van der Waals surface area contributed by atoms with Crippen molar-refractivity contribution < 1.29 is 43.6 Å². The smallest absolute Gasteiger partial charge is 0.306 e. The molecule has 2 N–H and O–H groups in total. The van der Waals surface area contributed by atoms with Gasteiger partial charge in [-0.2, -0.15) is 0 Å². The predicted molar refractivity (Wildman–Crippen MR) is 369 cm³/mol. The summed E-state index contributed by atoms with van der Waals surface area (Å²) < 4.78 is 19.1. The van der Waals surface area contributed by atoms with E-state index in [1.807, 2.05) is 19.9 Å². The van der Waals surface area contributed by atoms with E-state index in [1.54, 1.807) is 19.9 Å². The van der Waals surface area contributed by atoms with Gasteiger partial charge in [0.2, 0.25) is 0 Å². The molecule has 0 aromatic rings. The number of fused-ring (bicyclic) bond motifs is 5. The molecule has 4 aliphatic carbocycles. The van der Waals surface area contributed by atoms with E-state index in [0.717, 1.165) is 96.3 Å². The predicted octanol–water partition coefficient (Wildman–Crippen LogP) is 19.3. The summed E-state index contributed by atoms with van der Waals surface area (Å²) in [5.74, 6) is -5.21. The van der Waals surface area contributed by atoms with Gasteiger partial charge in [-0.15, -0.1) is 0 Å². The molecule has 0 radical (unpaired) electrons. The second-order valence-electron chi connectivity index (χ2n) is 24.6. The number of carbonyl (C=O) groups is 4. The highest BCUT2D eigenvalue weighted by atomic mass is 16.6. The fourth-order valence-corrected chi connectivity index (χ4v) is 12.7. The Morgan fingerprint density at radius 3 is 1.20 bits per heavy atom. The van der Waals surface area contributed by atoms with Crippen molar-refractivity contribution in [2.75, 3.05) is 6.61 Å². The maximum absolute atomic E-state index is 14.2. The largest absolute Gasteiger partial charge is 0.461 e. The first-order valence-corrected chi connectivity index (χ1v) is 33.9. The van der Waals surface area contributed by atoms with Gasteiger partial charge in [-0.25, -0.2) is 0 Å². The lowest BCUT2D eigenvalue weighted by Gasteiger charge is -2.53. The molecule has 0 spiro atoms. The monoisotopic (exact) mass is 1220 g/mol. The molecule has 2 fully saturated rings. The summed E-state index contributed by atoms with van der Waals surface area (Å²) in [7, 11) is 0. The molecular weight excluding hydrogens is 1100 g/mol. The molecule has 2 saturated carbocycles. The standard InChI is InChI=1S/C80H112O9/c1-8-11-14-17-20-23-26-29-32-35-38-41-44-47-50-53-56-59-71(81)87-65-68-63-69-74-77(6,7)80(74,89-73(83)61-58-55-52-49-46-43-40-37-34-31-28-25-22-19-16-13-10-3)76(67(5)79(69,86)70-62-66(4)75(84)78(70,85)64-68)88-72(82)60-57-54-51-48-45-42-39-36-33-30-27-24-21-18-15-12-9-2/h11-16,20-25,29-34,38-43,47-52,62-63,67,69-70,74,76,85-86H,8-10,17-19,26-28,35-37,44-46,53-61,64-65H2,1-7H3/b14-11-,15-12-,16-13-,23-20-,24-21-,25-22-,32-29-,33-30-,34-31-,41-38-,42-39-,43-40-,50-47-,51-48-,52-49-/t67-,69+,70-,74-,76-,78-,79-,80-/m1/s1. The Labute approximate surface area is 537 Å². The van der Waals surface area contributed by atoms with E-state index in [2.05, 4.69) is 203 Å². The molecule has 4 rings (SSSR count). The van der Waals surface area contributed by atoms with Crippen LogP contribution in [-0.2, 0) is 33.4 Å². The van der Waals surface area contributed by atoms with E-state index in [4.69, 9.17) is 14.2 Å². The molecule has 0 aromatic carbocycles. The number of carbonyl (C=O) groups excluding carboxylic acids is 4. The van der Waals surface area contributed by atoms with Crippen LogP contribution in [0.15, 0.2) is 206 Å². The topological polar surface area (TPSA) is 136 Å². The Morgan fingerprint density at radius 1 is 0.494 bits per heavy atom. The lowest BCUT2D eigenvalue weighted by Crippen LogP contribution is -2.66. The van der Waals surface area contributed by atoms with Crippen LogP contribution in [0.1, 0.15) is 209 Å². The summed E-state index contributed by atoms with van der Waals surface area (Å²) >= 11 is 0. The van der Waals surface area contributed by atoms with Crippen LogP contribution in [0.5, 0.6) is 0 Å². The van der Waals surface area contributed by atoms with Gasteiger partial charge < -0.3 is 24.4 Å². The summed E-state index contributed by atoms with van der Waals surface area (Å²) in [5, 5.41) is 26.2. The van der Waals surface area contributed by atoms with Gasteiger partial charge in [-0.1, -0.05) is 236 Å². The highest BCUT2D eigenvalue weighted by Crippen LogP contribution is 2.77. The number of Topliss-reactive ketones (excluding diaryl/α,β-unsaturated/α-hetero) is 1. The Kier molecular flexibility index (Phi) is 35.9. The van der Waals surface area contributed by atoms with E-state index in [9.17, 15) is 29.4 Å². The van der Waals surface area contributed by atoms with Crippen LogP contribution >= 0.6 is 0 Å². The molecule has 4 aliphatic rings. The molecular formula is C80H112O9. The molecule has 0 aliphatic heterocycles. The maximum atomic E-state index is 14.2. The minimum atomic E-state index is -2.06. The summed E-state index contributed by atoms with van der Waals surface area (Å²) in [5.41, 5.74) is -5.27. The fraction of sp³-hybridized carbons (Fsp3) is 0.525. The van der Waals surface area contributed by atoms with Crippen molar-refractivity contribution in [2.45, 2.75) is 232 Å². The molecule has 8 atom stereocenters. The number of allylic oxidation sites excluding steroid dienone is 30. The first kappa shape index (κ1) is 75.0. The number of unbranched alkanes of at least 4 members (excludes halogenated alkanes) is 3. The summed E-state index contributed by atoms with van der Waals surface area (Å²) in [6.45, 7) is 13.6. The van der Waals surface area contributed by atoms with Crippen LogP contribution in [0.25, 0.3) is 0 Å². The summed E-state index contributed by atoms with van der Waals surface area (Å²) in [6, 6.07) is 0. The van der Waals surface area contributed by atoms with Gasteiger partial charge in [-0.3, -0.25) is 19.2 Å². The molecule has 9 heteroatoms. The van der Waals surface area contributed by atoms with Gasteiger partial charge in [-0.05, 0) is 153 Å². The number of hydrogen-bond donors (Lipinski definition) is 2. The third-order valence-electron chi connectivity index (χ3n) is 17.4. The van der Waals surface area contributed by atoms with E-state index in [1.165, 1.54) is 0 Å². The Morgan fingerprint density at radius 2 is 0.831 bits per heavy atom. The lowest BCUT2D eigenvalue weighted by molar-refractivity contribution is -0.229. The zero-order chi connectivity index (χ0) is 64.5. The third kappa shape index (κ3) is 24.7. The molecule has 0 saturated heterocycles. The van der Waals surface area contributed by atoms with Crippen LogP contribution in [0, 0.1) is 29.1 Å². The third-order valence-corrected chi connectivity index (χ3v) is 17.4. The molecule has 0 amide bonds. The average Bonchev–Trinajstić information content (AvgIpc) is 1.47. The van der Waals surface area contributed by atoms with Crippen molar-refractivity contribution in [3.63, 3.8) is 0 Å². The first-order chi connectivity index (χ1) is 43.2. The van der Waals surface area contributed by atoms with Crippen LogP contribution < -0.4 is 0 Å². The SMILES string of the molecule is CC/C=C\C/C=C\C/C=C\C/C=C\C/C=C\CCCC(=O)OCC1=C[C@H]2[C@@H]3C(C)(C)[C@]3(OC(=O)CCC/C=C\C/C=C\C/C=C\C/C=C\C/C=C\CC)[C@H](OC(=O)CCC/C=C\C/C=C\C/C=C\C/C=C\C/C=C\CC)[C@@H](C)[C@]2(O)[C@@H]2C=C(C)C(=O)[C@@]2(O)C1. The number of ether oxygens (including phenoxy) is 3. The number of hydrogen-bond acceptors (Lipinski definition) is 9. The highest BCUT2D eigenvalue weighted by molar-refractivity contribution is 6.05.